The average molecular weight is 247 g/mol. The van der Waals surface area contributed by atoms with Crippen molar-refractivity contribution in [2.45, 2.75) is 37.5 Å². The monoisotopic (exact) mass is 247 g/mol. The van der Waals surface area contributed by atoms with Crippen LogP contribution in [0.4, 0.5) is 0 Å². The lowest BCUT2D eigenvalue weighted by molar-refractivity contribution is -0.148. The largest absolute Gasteiger partial charge is 0.356 e. The van der Waals surface area contributed by atoms with Crippen LogP contribution in [-0.4, -0.2) is 36.4 Å². The molecule has 0 saturated carbocycles. The Bertz CT molecular complexity index is 370. The molecule has 2 fully saturated rings. The fraction of sp³-hybridized carbons (Fsp3) is 0.643. The summed E-state index contributed by atoms with van der Waals surface area (Å²) in [5, 5.41) is 6.88. The Labute approximate surface area is 108 Å². The highest BCUT2D eigenvalue weighted by Gasteiger charge is 2.37. The molecule has 1 aromatic rings. The molecule has 4 heteroatoms. The van der Waals surface area contributed by atoms with E-state index in [2.05, 4.69) is 21.7 Å². The summed E-state index contributed by atoms with van der Waals surface area (Å²) in [4.78, 5) is 4.16. The van der Waals surface area contributed by atoms with E-state index >= 15 is 0 Å². The van der Waals surface area contributed by atoms with Gasteiger partial charge in [0, 0.05) is 25.4 Å². The maximum atomic E-state index is 6.34. The average Bonchev–Trinajstić information content (AvgIpc) is 2.41. The maximum Gasteiger partial charge on any atom is 0.113 e. The van der Waals surface area contributed by atoms with Gasteiger partial charge in [-0.25, -0.2) is 0 Å². The molecular weight excluding hydrogens is 226 g/mol. The topological polar surface area (TPSA) is 46.2 Å². The van der Waals surface area contributed by atoms with E-state index in [1.807, 2.05) is 18.5 Å². The summed E-state index contributed by atoms with van der Waals surface area (Å²) < 4.78 is 6.34. The van der Waals surface area contributed by atoms with Gasteiger partial charge in [0.1, 0.15) is 6.23 Å². The van der Waals surface area contributed by atoms with Crippen molar-refractivity contribution in [3.8, 4) is 0 Å². The van der Waals surface area contributed by atoms with Crippen molar-refractivity contribution in [3.63, 3.8) is 0 Å². The Morgan fingerprint density at radius 1 is 1.28 bits per heavy atom. The Hall–Kier alpha value is -0.970. The van der Waals surface area contributed by atoms with Crippen molar-refractivity contribution in [2.24, 2.45) is 0 Å². The van der Waals surface area contributed by atoms with Crippen LogP contribution in [0.25, 0.3) is 0 Å². The third-order valence-electron chi connectivity index (χ3n) is 4.00. The molecule has 0 aliphatic carbocycles. The van der Waals surface area contributed by atoms with Gasteiger partial charge < -0.3 is 10.1 Å². The zero-order chi connectivity index (χ0) is 12.3. The molecule has 1 atom stereocenters. The lowest BCUT2D eigenvalue weighted by Crippen LogP contribution is -2.55. The van der Waals surface area contributed by atoms with Crippen LogP contribution in [0, 0.1) is 0 Å². The standard InChI is InChI=1S/C14H21N3O/c1-2-12(11-16-6-1)10-13-17-9-5-14(18-13)3-7-15-8-4-14/h1-2,6,11,13,15,17H,3-5,7-10H2. The zero-order valence-electron chi connectivity index (χ0n) is 10.7. The minimum Gasteiger partial charge on any atom is -0.356 e. The van der Waals surface area contributed by atoms with Crippen LogP contribution in [0.2, 0.25) is 0 Å². The molecule has 0 radical (unpaired) electrons. The molecule has 0 amide bonds. The molecule has 1 unspecified atom stereocenters. The molecule has 3 rings (SSSR count). The van der Waals surface area contributed by atoms with Gasteiger partial charge in [0.2, 0.25) is 0 Å². The van der Waals surface area contributed by atoms with E-state index < -0.39 is 0 Å². The first-order valence-corrected chi connectivity index (χ1v) is 6.87. The minimum absolute atomic E-state index is 0.114. The van der Waals surface area contributed by atoms with E-state index in [0.29, 0.717) is 0 Å². The normalized spacial score (nSPS) is 27.2. The summed E-state index contributed by atoms with van der Waals surface area (Å²) in [5.74, 6) is 0. The van der Waals surface area contributed by atoms with Crippen molar-refractivity contribution in [2.75, 3.05) is 19.6 Å². The Morgan fingerprint density at radius 3 is 2.89 bits per heavy atom. The molecular formula is C14H21N3O. The van der Waals surface area contributed by atoms with Gasteiger partial charge in [-0.2, -0.15) is 0 Å². The quantitative estimate of drug-likeness (QED) is 0.821. The van der Waals surface area contributed by atoms with Gasteiger partial charge in [-0.05, 0) is 44.0 Å². The number of pyridine rings is 1. The summed E-state index contributed by atoms with van der Waals surface area (Å²) in [6.45, 7) is 3.23. The van der Waals surface area contributed by atoms with Crippen LogP contribution in [0.3, 0.4) is 0 Å². The van der Waals surface area contributed by atoms with E-state index in [0.717, 1.165) is 45.3 Å². The van der Waals surface area contributed by atoms with E-state index in [1.165, 1.54) is 5.56 Å². The predicted octanol–water partition coefficient (Wildman–Crippen LogP) is 1.08. The van der Waals surface area contributed by atoms with Crippen LogP contribution >= 0.6 is 0 Å². The number of aromatic nitrogens is 1. The fourth-order valence-corrected chi connectivity index (χ4v) is 2.96. The van der Waals surface area contributed by atoms with Crippen molar-refractivity contribution in [1.82, 2.24) is 15.6 Å². The third kappa shape index (κ3) is 2.71. The highest BCUT2D eigenvalue weighted by molar-refractivity contribution is 5.10. The molecule has 3 heterocycles. The van der Waals surface area contributed by atoms with Crippen LogP contribution in [0.1, 0.15) is 24.8 Å². The summed E-state index contributed by atoms with van der Waals surface area (Å²) in [6.07, 6.45) is 8.19. The second-order valence-electron chi connectivity index (χ2n) is 5.31. The van der Waals surface area contributed by atoms with Gasteiger partial charge in [0.05, 0.1) is 5.60 Å². The highest BCUT2D eigenvalue weighted by atomic mass is 16.5. The van der Waals surface area contributed by atoms with Crippen LogP contribution < -0.4 is 10.6 Å². The molecule has 0 bridgehead atoms. The second kappa shape index (κ2) is 5.34. The molecule has 2 aliphatic heterocycles. The van der Waals surface area contributed by atoms with Crippen molar-refractivity contribution in [1.29, 1.82) is 0 Å². The molecule has 98 valence electrons. The molecule has 0 aromatic carbocycles. The smallest absolute Gasteiger partial charge is 0.113 e. The summed E-state index contributed by atoms with van der Waals surface area (Å²) >= 11 is 0. The first-order valence-electron chi connectivity index (χ1n) is 6.87. The number of piperidine rings is 1. The van der Waals surface area contributed by atoms with Gasteiger partial charge in [-0.3, -0.25) is 10.3 Å². The number of nitrogens with zero attached hydrogens (tertiary/aromatic N) is 1. The van der Waals surface area contributed by atoms with Crippen LogP contribution in [0.15, 0.2) is 24.5 Å². The van der Waals surface area contributed by atoms with Crippen LogP contribution in [0.5, 0.6) is 0 Å². The maximum absolute atomic E-state index is 6.34. The lowest BCUT2D eigenvalue weighted by atomic mass is 9.87. The van der Waals surface area contributed by atoms with Gasteiger partial charge in [0.25, 0.3) is 0 Å². The molecule has 2 N–H and O–H groups in total. The van der Waals surface area contributed by atoms with Gasteiger partial charge in [-0.15, -0.1) is 0 Å². The summed E-state index contributed by atoms with van der Waals surface area (Å²) in [5.41, 5.74) is 1.35. The fourth-order valence-electron chi connectivity index (χ4n) is 2.96. The van der Waals surface area contributed by atoms with Gasteiger partial charge >= 0.3 is 0 Å². The van der Waals surface area contributed by atoms with E-state index in [1.54, 1.807) is 0 Å². The number of nitrogens with one attached hydrogen (secondary N) is 2. The van der Waals surface area contributed by atoms with E-state index in [-0.39, 0.29) is 11.8 Å². The van der Waals surface area contributed by atoms with Crippen molar-refractivity contribution >= 4 is 0 Å². The SMILES string of the molecule is c1cncc(CC2NCCC3(CCNCC3)O2)c1. The number of rotatable bonds is 2. The van der Waals surface area contributed by atoms with E-state index in [4.69, 9.17) is 4.74 Å². The Morgan fingerprint density at radius 2 is 2.11 bits per heavy atom. The zero-order valence-corrected chi connectivity index (χ0v) is 10.7. The molecule has 2 aliphatic rings. The molecule has 18 heavy (non-hydrogen) atoms. The highest BCUT2D eigenvalue weighted by Crippen LogP contribution is 2.31. The Kier molecular flexibility index (Phi) is 3.59. The van der Waals surface area contributed by atoms with Crippen molar-refractivity contribution in [3.05, 3.63) is 30.1 Å². The number of hydrogen-bond acceptors (Lipinski definition) is 4. The first-order chi connectivity index (χ1) is 8.86. The predicted molar refractivity (Wildman–Crippen MR) is 70.3 cm³/mol. The molecule has 2 saturated heterocycles. The second-order valence-corrected chi connectivity index (χ2v) is 5.31. The first kappa shape index (κ1) is 12.1. The Balaban J connectivity index is 1.63. The van der Waals surface area contributed by atoms with Gasteiger partial charge in [-0.1, -0.05) is 6.07 Å². The van der Waals surface area contributed by atoms with E-state index in [9.17, 15) is 0 Å². The lowest BCUT2D eigenvalue weighted by Gasteiger charge is -2.44. The molecule has 1 spiro atoms. The number of ether oxygens (including phenoxy) is 1. The van der Waals surface area contributed by atoms with Gasteiger partial charge in [0.15, 0.2) is 0 Å². The van der Waals surface area contributed by atoms with Crippen LogP contribution in [-0.2, 0) is 11.2 Å². The van der Waals surface area contributed by atoms with Crippen molar-refractivity contribution < 1.29 is 4.74 Å². The summed E-state index contributed by atoms with van der Waals surface area (Å²) in [7, 11) is 0. The minimum atomic E-state index is 0.114. The molecule has 1 aromatic heterocycles. The summed E-state index contributed by atoms with van der Waals surface area (Å²) in [6, 6.07) is 4.10. The molecule has 4 nitrogen and oxygen atoms in total. The third-order valence-corrected chi connectivity index (χ3v) is 4.00. The number of hydrogen-bond donors (Lipinski definition) is 2.